The lowest BCUT2D eigenvalue weighted by molar-refractivity contribution is 0.317. The molecule has 0 atom stereocenters. The minimum Gasteiger partial charge on any atom is -0.411 e. The van der Waals surface area contributed by atoms with E-state index in [0.29, 0.717) is 0 Å². The molecule has 1 N–H and O–H groups in total. The van der Waals surface area contributed by atoms with Crippen LogP contribution in [0.25, 0.3) is 0 Å². The molecule has 0 aliphatic rings. The predicted octanol–water partition coefficient (Wildman–Crippen LogP) is 2.39. The van der Waals surface area contributed by atoms with Crippen molar-refractivity contribution in [2.45, 2.75) is 20.3 Å². The third kappa shape index (κ3) is 2.38. The molecule has 2 nitrogen and oxygen atoms in total. The van der Waals surface area contributed by atoms with Crippen molar-refractivity contribution < 1.29 is 5.21 Å². The van der Waals surface area contributed by atoms with E-state index < -0.39 is 0 Å². The van der Waals surface area contributed by atoms with Crippen molar-refractivity contribution >= 4 is 5.71 Å². The lowest BCUT2D eigenvalue weighted by atomic mass is 10.1. The van der Waals surface area contributed by atoms with Gasteiger partial charge in [-0.3, -0.25) is 0 Å². The largest absolute Gasteiger partial charge is 0.411 e. The Hall–Kier alpha value is -1.31. The summed E-state index contributed by atoms with van der Waals surface area (Å²) in [4.78, 5) is 0. The SMILES string of the molecule is C/C(Cc1cccc(C)c1)=N/O. The highest BCUT2D eigenvalue weighted by Crippen LogP contribution is 2.05. The molecule has 12 heavy (non-hydrogen) atoms. The Morgan fingerprint density at radius 1 is 1.50 bits per heavy atom. The first kappa shape index (κ1) is 8.78. The second-order valence-corrected chi connectivity index (χ2v) is 3.00. The van der Waals surface area contributed by atoms with Crippen LogP contribution in [0.3, 0.4) is 0 Å². The minimum atomic E-state index is 0.720. The van der Waals surface area contributed by atoms with Crippen molar-refractivity contribution in [3.63, 3.8) is 0 Å². The molecule has 0 spiro atoms. The molecular formula is C10H13NO. The summed E-state index contributed by atoms with van der Waals surface area (Å²) >= 11 is 0. The van der Waals surface area contributed by atoms with Crippen LogP contribution in [-0.2, 0) is 6.42 Å². The van der Waals surface area contributed by atoms with E-state index in [0.717, 1.165) is 12.1 Å². The molecule has 0 bridgehead atoms. The third-order valence-corrected chi connectivity index (χ3v) is 1.71. The zero-order valence-electron chi connectivity index (χ0n) is 7.41. The molecule has 0 radical (unpaired) electrons. The van der Waals surface area contributed by atoms with Crippen molar-refractivity contribution in [2.75, 3.05) is 0 Å². The van der Waals surface area contributed by atoms with E-state index in [2.05, 4.69) is 24.2 Å². The highest BCUT2D eigenvalue weighted by Gasteiger charge is 1.95. The molecule has 0 amide bonds. The third-order valence-electron chi connectivity index (χ3n) is 1.71. The fourth-order valence-corrected chi connectivity index (χ4v) is 1.15. The maximum atomic E-state index is 8.45. The second kappa shape index (κ2) is 3.90. The fraction of sp³-hybridized carbons (Fsp3) is 0.300. The molecular weight excluding hydrogens is 150 g/mol. The Balaban J connectivity index is 2.76. The molecule has 0 saturated heterocycles. The maximum Gasteiger partial charge on any atom is 0.0583 e. The Morgan fingerprint density at radius 2 is 2.25 bits per heavy atom. The van der Waals surface area contributed by atoms with Crippen LogP contribution in [0.5, 0.6) is 0 Å². The van der Waals surface area contributed by atoms with Crippen molar-refractivity contribution in [3.05, 3.63) is 35.4 Å². The van der Waals surface area contributed by atoms with Crippen LogP contribution in [0.1, 0.15) is 18.1 Å². The molecule has 1 aromatic carbocycles. The van der Waals surface area contributed by atoms with Gasteiger partial charge in [-0.25, -0.2) is 0 Å². The van der Waals surface area contributed by atoms with E-state index in [1.165, 1.54) is 11.1 Å². The quantitative estimate of drug-likeness (QED) is 0.405. The first-order valence-corrected chi connectivity index (χ1v) is 3.95. The van der Waals surface area contributed by atoms with Gasteiger partial charge in [0.2, 0.25) is 0 Å². The number of oxime groups is 1. The molecule has 1 aromatic rings. The van der Waals surface area contributed by atoms with Gasteiger partial charge in [0.1, 0.15) is 0 Å². The Kier molecular flexibility index (Phi) is 2.86. The summed E-state index contributed by atoms with van der Waals surface area (Å²) in [6.07, 6.45) is 0.720. The average molecular weight is 163 g/mol. The topological polar surface area (TPSA) is 32.6 Å². The molecule has 0 aliphatic carbocycles. The number of hydrogen-bond donors (Lipinski definition) is 1. The van der Waals surface area contributed by atoms with E-state index in [9.17, 15) is 0 Å². The van der Waals surface area contributed by atoms with Crippen LogP contribution >= 0.6 is 0 Å². The van der Waals surface area contributed by atoms with E-state index in [1.807, 2.05) is 19.1 Å². The Morgan fingerprint density at radius 3 is 2.83 bits per heavy atom. The van der Waals surface area contributed by atoms with Crippen LogP contribution in [-0.4, -0.2) is 10.9 Å². The number of nitrogens with zero attached hydrogens (tertiary/aromatic N) is 1. The zero-order valence-corrected chi connectivity index (χ0v) is 7.41. The van der Waals surface area contributed by atoms with Gasteiger partial charge < -0.3 is 5.21 Å². The number of benzene rings is 1. The first-order chi connectivity index (χ1) is 5.72. The molecule has 0 aromatic heterocycles. The van der Waals surface area contributed by atoms with Gasteiger partial charge in [0.15, 0.2) is 0 Å². The van der Waals surface area contributed by atoms with Crippen molar-refractivity contribution in [1.82, 2.24) is 0 Å². The van der Waals surface area contributed by atoms with Crippen molar-refractivity contribution in [3.8, 4) is 0 Å². The summed E-state index contributed by atoms with van der Waals surface area (Å²) < 4.78 is 0. The van der Waals surface area contributed by atoms with Gasteiger partial charge in [0.05, 0.1) is 5.71 Å². The lowest BCUT2D eigenvalue weighted by Gasteiger charge is -1.99. The smallest absolute Gasteiger partial charge is 0.0583 e. The van der Waals surface area contributed by atoms with E-state index in [4.69, 9.17) is 5.21 Å². The number of aryl methyl sites for hydroxylation is 1. The molecule has 0 unspecified atom stereocenters. The fourth-order valence-electron chi connectivity index (χ4n) is 1.15. The van der Waals surface area contributed by atoms with Crippen LogP contribution in [0.15, 0.2) is 29.4 Å². The highest BCUT2D eigenvalue weighted by molar-refractivity contribution is 5.83. The van der Waals surface area contributed by atoms with Gasteiger partial charge in [-0.15, -0.1) is 0 Å². The van der Waals surface area contributed by atoms with E-state index >= 15 is 0 Å². The molecule has 0 saturated carbocycles. The lowest BCUT2D eigenvalue weighted by Crippen LogP contribution is -1.97. The molecule has 1 rings (SSSR count). The van der Waals surface area contributed by atoms with E-state index in [-0.39, 0.29) is 0 Å². The summed E-state index contributed by atoms with van der Waals surface area (Å²) in [5.74, 6) is 0. The Bertz CT molecular complexity index is 292. The number of hydrogen-bond acceptors (Lipinski definition) is 2. The van der Waals surface area contributed by atoms with Gasteiger partial charge in [0.25, 0.3) is 0 Å². The predicted molar refractivity (Wildman–Crippen MR) is 49.8 cm³/mol. The minimum absolute atomic E-state index is 0.720. The van der Waals surface area contributed by atoms with Crippen LogP contribution in [0.2, 0.25) is 0 Å². The summed E-state index contributed by atoms with van der Waals surface area (Å²) in [5.41, 5.74) is 3.16. The summed E-state index contributed by atoms with van der Waals surface area (Å²) in [7, 11) is 0. The zero-order chi connectivity index (χ0) is 8.97. The van der Waals surface area contributed by atoms with Gasteiger partial charge in [-0.1, -0.05) is 35.0 Å². The van der Waals surface area contributed by atoms with Crippen LogP contribution in [0.4, 0.5) is 0 Å². The van der Waals surface area contributed by atoms with Crippen LogP contribution < -0.4 is 0 Å². The van der Waals surface area contributed by atoms with Crippen molar-refractivity contribution in [2.24, 2.45) is 5.16 Å². The molecule has 64 valence electrons. The molecule has 0 heterocycles. The van der Waals surface area contributed by atoms with Crippen LogP contribution in [0, 0.1) is 6.92 Å². The van der Waals surface area contributed by atoms with Gasteiger partial charge in [0, 0.05) is 6.42 Å². The maximum absolute atomic E-state index is 8.45. The monoisotopic (exact) mass is 163 g/mol. The molecule has 0 aliphatic heterocycles. The summed E-state index contributed by atoms with van der Waals surface area (Å²) in [5, 5.41) is 11.6. The summed E-state index contributed by atoms with van der Waals surface area (Å²) in [6.45, 7) is 3.86. The standard InChI is InChI=1S/C10H13NO/c1-8-4-3-5-10(6-8)7-9(2)11-12/h3-6,12H,7H2,1-2H3/b11-9-. The highest BCUT2D eigenvalue weighted by atomic mass is 16.4. The van der Waals surface area contributed by atoms with E-state index in [1.54, 1.807) is 0 Å². The second-order valence-electron chi connectivity index (χ2n) is 3.00. The number of rotatable bonds is 2. The Labute approximate surface area is 72.5 Å². The molecule has 0 fully saturated rings. The first-order valence-electron chi connectivity index (χ1n) is 3.95. The van der Waals surface area contributed by atoms with Gasteiger partial charge in [-0.2, -0.15) is 0 Å². The van der Waals surface area contributed by atoms with Crippen molar-refractivity contribution in [1.29, 1.82) is 0 Å². The average Bonchev–Trinajstić information content (AvgIpc) is 2.04. The van der Waals surface area contributed by atoms with Gasteiger partial charge in [-0.05, 0) is 19.4 Å². The molecule has 2 heteroatoms. The van der Waals surface area contributed by atoms with Gasteiger partial charge >= 0.3 is 0 Å². The normalized spacial score (nSPS) is 11.7. The summed E-state index contributed by atoms with van der Waals surface area (Å²) in [6, 6.07) is 8.18.